The molecular weight excluding hydrogens is 313 g/mol. The first-order valence-corrected chi connectivity index (χ1v) is 7.95. The number of hydrogen-bond acceptors (Lipinski definition) is 1. The highest BCUT2D eigenvalue weighted by atomic mass is 19.4. The molecule has 0 fully saturated rings. The van der Waals surface area contributed by atoms with Gasteiger partial charge in [0.15, 0.2) is 0 Å². The molecule has 3 rings (SSSR count). The zero-order chi connectivity index (χ0) is 17.3. The van der Waals surface area contributed by atoms with Crippen LogP contribution in [0.5, 0.6) is 0 Å². The van der Waals surface area contributed by atoms with Gasteiger partial charge in [0.2, 0.25) is 0 Å². The molecule has 0 aliphatic heterocycles. The van der Waals surface area contributed by atoms with Crippen molar-refractivity contribution in [2.24, 2.45) is 5.73 Å². The third kappa shape index (κ3) is 2.91. The summed E-state index contributed by atoms with van der Waals surface area (Å²) < 4.78 is 39.1. The number of benzene rings is 2. The number of nitrogens with one attached hydrogen (secondary N) is 1. The van der Waals surface area contributed by atoms with Gasteiger partial charge in [-0.25, -0.2) is 0 Å². The number of aromatic amines is 1. The van der Waals surface area contributed by atoms with Crippen LogP contribution in [-0.2, 0) is 19.0 Å². The van der Waals surface area contributed by atoms with Crippen LogP contribution >= 0.6 is 0 Å². The zero-order valence-electron chi connectivity index (χ0n) is 13.4. The lowest BCUT2D eigenvalue weighted by Gasteiger charge is -2.11. The molecule has 0 bridgehead atoms. The van der Waals surface area contributed by atoms with Gasteiger partial charge in [-0.05, 0) is 54.3 Å². The minimum atomic E-state index is -4.35. The Morgan fingerprint density at radius 2 is 1.83 bits per heavy atom. The average molecular weight is 332 g/mol. The third-order valence-electron chi connectivity index (χ3n) is 4.26. The minimum absolute atomic E-state index is 0.497. The number of halogens is 3. The number of hydrogen-bond donors (Lipinski definition) is 2. The van der Waals surface area contributed by atoms with Crippen molar-refractivity contribution >= 4 is 10.9 Å². The van der Waals surface area contributed by atoms with E-state index in [0.717, 1.165) is 40.2 Å². The van der Waals surface area contributed by atoms with Gasteiger partial charge in [0.05, 0.1) is 5.56 Å². The lowest BCUT2D eigenvalue weighted by atomic mass is 9.95. The molecule has 0 atom stereocenters. The maximum atomic E-state index is 13.0. The molecule has 1 heterocycles. The quantitative estimate of drug-likeness (QED) is 0.700. The number of aromatic nitrogens is 1. The summed E-state index contributed by atoms with van der Waals surface area (Å²) in [4.78, 5) is 3.38. The summed E-state index contributed by atoms with van der Waals surface area (Å²) in [7, 11) is 0. The molecule has 0 radical (unpaired) electrons. The molecule has 2 nitrogen and oxygen atoms in total. The van der Waals surface area contributed by atoms with E-state index in [4.69, 9.17) is 5.73 Å². The molecule has 2 aromatic carbocycles. The predicted molar refractivity (Wildman–Crippen MR) is 90.9 cm³/mol. The van der Waals surface area contributed by atoms with Crippen LogP contribution in [0.4, 0.5) is 13.2 Å². The Hall–Kier alpha value is -2.27. The number of alkyl halides is 3. The van der Waals surface area contributed by atoms with Crippen molar-refractivity contribution < 1.29 is 13.2 Å². The summed E-state index contributed by atoms with van der Waals surface area (Å²) in [5.74, 6) is 0. The van der Waals surface area contributed by atoms with Gasteiger partial charge in [-0.2, -0.15) is 13.2 Å². The molecule has 0 aliphatic carbocycles. The van der Waals surface area contributed by atoms with Crippen molar-refractivity contribution in [2.45, 2.75) is 25.9 Å². The van der Waals surface area contributed by atoms with Crippen molar-refractivity contribution in [1.82, 2.24) is 4.98 Å². The van der Waals surface area contributed by atoms with Crippen molar-refractivity contribution in [3.8, 4) is 11.1 Å². The van der Waals surface area contributed by atoms with Gasteiger partial charge in [0.25, 0.3) is 0 Å². The van der Waals surface area contributed by atoms with E-state index in [1.165, 1.54) is 12.1 Å². The molecule has 0 aliphatic rings. The Labute approximate surface area is 138 Å². The van der Waals surface area contributed by atoms with Gasteiger partial charge in [0, 0.05) is 16.6 Å². The van der Waals surface area contributed by atoms with Crippen LogP contribution in [0.1, 0.15) is 23.7 Å². The van der Waals surface area contributed by atoms with Crippen LogP contribution in [0, 0.1) is 0 Å². The highest BCUT2D eigenvalue weighted by Gasteiger charge is 2.30. The summed E-state index contributed by atoms with van der Waals surface area (Å²) in [6.45, 7) is 2.55. The fourth-order valence-corrected chi connectivity index (χ4v) is 3.20. The van der Waals surface area contributed by atoms with Gasteiger partial charge in [-0.3, -0.25) is 0 Å². The van der Waals surface area contributed by atoms with Crippen LogP contribution in [0.25, 0.3) is 22.0 Å². The molecule has 0 amide bonds. The highest BCUT2D eigenvalue weighted by molar-refractivity contribution is 5.98. The van der Waals surface area contributed by atoms with Crippen LogP contribution in [0.2, 0.25) is 0 Å². The average Bonchev–Trinajstić information content (AvgIpc) is 2.92. The summed E-state index contributed by atoms with van der Waals surface area (Å²) in [6, 6.07) is 11.2. The summed E-state index contributed by atoms with van der Waals surface area (Å²) >= 11 is 0. The molecule has 1 aromatic heterocycles. The fourth-order valence-electron chi connectivity index (χ4n) is 3.20. The van der Waals surface area contributed by atoms with Gasteiger partial charge in [-0.15, -0.1) is 0 Å². The van der Waals surface area contributed by atoms with Gasteiger partial charge in [0.1, 0.15) is 0 Å². The number of fused-ring (bicyclic) bond motifs is 1. The smallest absolute Gasteiger partial charge is 0.358 e. The van der Waals surface area contributed by atoms with E-state index in [1.54, 1.807) is 6.07 Å². The second-order valence-electron chi connectivity index (χ2n) is 5.78. The van der Waals surface area contributed by atoms with Crippen LogP contribution in [0.15, 0.2) is 42.5 Å². The van der Waals surface area contributed by atoms with Gasteiger partial charge < -0.3 is 10.7 Å². The molecule has 3 N–H and O–H groups in total. The molecule has 24 heavy (non-hydrogen) atoms. The molecule has 0 spiro atoms. The first-order valence-electron chi connectivity index (χ1n) is 7.95. The largest absolute Gasteiger partial charge is 0.416 e. The molecule has 0 unspecified atom stereocenters. The number of aryl methyl sites for hydroxylation is 1. The Morgan fingerprint density at radius 3 is 2.50 bits per heavy atom. The number of nitrogens with two attached hydrogens (primary N) is 1. The van der Waals surface area contributed by atoms with E-state index in [9.17, 15) is 13.2 Å². The fraction of sp³-hybridized carbons (Fsp3) is 0.263. The lowest BCUT2D eigenvalue weighted by Crippen LogP contribution is -2.05. The Balaban J connectivity index is 2.25. The standard InChI is InChI=1S/C19H19F3N2/c1-2-16-15(9-10-23)18-14(7-4-8-17(18)24-16)12-5-3-6-13(11-12)19(20,21)22/h3-8,11,24H,2,9-10,23H2,1H3. The van der Waals surface area contributed by atoms with E-state index in [2.05, 4.69) is 11.9 Å². The van der Waals surface area contributed by atoms with Crippen LogP contribution in [-0.4, -0.2) is 11.5 Å². The zero-order valence-corrected chi connectivity index (χ0v) is 13.4. The summed E-state index contributed by atoms with van der Waals surface area (Å²) in [5, 5.41) is 0.971. The molecule has 0 saturated heterocycles. The number of H-pyrrole nitrogens is 1. The first-order chi connectivity index (χ1) is 11.5. The molecular formula is C19H19F3N2. The number of rotatable bonds is 4. The van der Waals surface area contributed by atoms with E-state index in [1.807, 2.05) is 18.2 Å². The first kappa shape index (κ1) is 16.6. The van der Waals surface area contributed by atoms with E-state index in [-0.39, 0.29) is 0 Å². The Kier molecular flexibility index (Phi) is 4.37. The topological polar surface area (TPSA) is 41.8 Å². The van der Waals surface area contributed by atoms with Crippen molar-refractivity contribution in [1.29, 1.82) is 0 Å². The lowest BCUT2D eigenvalue weighted by molar-refractivity contribution is -0.137. The molecule has 3 aromatic rings. The Bertz CT molecular complexity index is 863. The second-order valence-corrected chi connectivity index (χ2v) is 5.78. The molecule has 0 saturated carbocycles. The van der Waals surface area contributed by atoms with Crippen molar-refractivity contribution in [3.05, 3.63) is 59.3 Å². The van der Waals surface area contributed by atoms with Crippen LogP contribution < -0.4 is 5.73 Å². The van der Waals surface area contributed by atoms with E-state index < -0.39 is 11.7 Å². The van der Waals surface area contributed by atoms with Gasteiger partial charge >= 0.3 is 6.18 Å². The maximum Gasteiger partial charge on any atom is 0.416 e. The minimum Gasteiger partial charge on any atom is -0.358 e. The summed E-state index contributed by atoms with van der Waals surface area (Å²) in [6.07, 6.45) is -2.83. The van der Waals surface area contributed by atoms with Crippen molar-refractivity contribution in [3.63, 3.8) is 0 Å². The van der Waals surface area contributed by atoms with E-state index in [0.29, 0.717) is 18.5 Å². The van der Waals surface area contributed by atoms with E-state index >= 15 is 0 Å². The monoisotopic (exact) mass is 332 g/mol. The highest BCUT2D eigenvalue weighted by Crippen LogP contribution is 2.36. The SMILES string of the molecule is CCc1[nH]c2cccc(-c3cccc(C(F)(F)F)c3)c2c1CCN. The van der Waals surface area contributed by atoms with Crippen molar-refractivity contribution in [2.75, 3.05) is 6.54 Å². The molecule has 126 valence electrons. The third-order valence-corrected chi connectivity index (χ3v) is 4.26. The maximum absolute atomic E-state index is 13.0. The summed E-state index contributed by atoms with van der Waals surface area (Å²) in [5.41, 5.74) is 9.60. The predicted octanol–water partition coefficient (Wildman–Crippen LogP) is 4.92. The Morgan fingerprint density at radius 1 is 1.08 bits per heavy atom. The van der Waals surface area contributed by atoms with Gasteiger partial charge in [-0.1, -0.05) is 31.2 Å². The molecule has 5 heteroatoms. The second kappa shape index (κ2) is 6.32. The van der Waals surface area contributed by atoms with Crippen LogP contribution in [0.3, 0.4) is 0 Å². The normalized spacial score (nSPS) is 12.0.